The summed E-state index contributed by atoms with van der Waals surface area (Å²) in [5.41, 5.74) is 0.883. The first-order valence-electron chi connectivity index (χ1n) is 14.2. The van der Waals surface area contributed by atoms with E-state index in [1.807, 2.05) is 20.8 Å². The molecular weight excluding hydrogens is 588 g/mol. The van der Waals surface area contributed by atoms with Gasteiger partial charge in [0, 0.05) is 48.9 Å². The van der Waals surface area contributed by atoms with E-state index in [-0.39, 0.29) is 5.41 Å². The van der Waals surface area contributed by atoms with Crippen LogP contribution >= 0.6 is 10.6 Å². The largest absolute Gasteiger partial charge is 0.493 e. The number of nitrogens with zero attached hydrogens (tertiary/aromatic N) is 4. The van der Waals surface area contributed by atoms with Gasteiger partial charge in [0.1, 0.15) is 17.8 Å². The van der Waals surface area contributed by atoms with E-state index in [1.54, 1.807) is 49.6 Å². The molecule has 0 spiro atoms. The molecule has 236 valence electrons. The lowest BCUT2D eigenvalue weighted by Gasteiger charge is -2.40. The van der Waals surface area contributed by atoms with Crippen LogP contribution in [0.25, 0.3) is 10.9 Å². The molecule has 1 fully saturated rings. The predicted molar refractivity (Wildman–Crippen MR) is 170 cm³/mol. The summed E-state index contributed by atoms with van der Waals surface area (Å²) in [6, 6.07) is 11.7. The number of rotatable bonds is 10. The number of nitrogens with one attached hydrogen (secondary N) is 2. The zero-order chi connectivity index (χ0) is 31.3. The summed E-state index contributed by atoms with van der Waals surface area (Å²) in [6.07, 6.45) is 2.17. The monoisotopic (exact) mass is 626 g/mol. The summed E-state index contributed by atoms with van der Waals surface area (Å²) < 4.78 is 42.7. The Morgan fingerprint density at radius 1 is 1.07 bits per heavy atom. The Kier molecular flexibility index (Phi) is 9.44. The fourth-order valence-corrected chi connectivity index (χ4v) is 5.87. The second-order valence-corrected chi connectivity index (χ2v) is 13.9. The first-order chi connectivity index (χ1) is 21.0. The average Bonchev–Trinajstić information content (AvgIpc) is 3.45. The van der Waals surface area contributed by atoms with Crippen molar-refractivity contribution in [1.82, 2.24) is 20.0 Å². The van der Waals surface area contributed by atoms with Gasteiger partial charge >= 0.3 is 6.03 Å². The van der Waals surface area contributed by atoms with Gasteiger partial charge in [-0.15, -0.1) is 0 Å². The van der Waals surface area contributed by atoms with Crippen LogP contribution in [0.1, 0.15) is 33.0 Å². The Bertz CT molecular complexity index is 1600. The number of methoxy groups -OCH3 is 1. The van der Waals surface area contributed by atoms with Crippen LogP contribution in [0, 0.1) is 0 Å². The number of aromatic nitrogens is 3. The number of ether oxygens (including phenoxy) is 3. The fraction of sp³-hybridized carbons (Fsp3) is 0.400. The molecule has 1 saturated heterocycles. The number of carbonyl (C=O) groups is 1. The molecule has 2 amide bonds. The minimum atomic E-state index is -2.41. The van der Waals surface area contributed by atoms with Crippen molar-refractivity contribution < 1.29 is 32.6 Å². The molecule has 5 rings (SSSR count). The highest BCUT2D eigenvalue weighted by Gasteiger charge is 2.22. The minimum absolute atomic E-state index is 0.233. The van der Waals surface area contributed by atoms with Crippen LogP contribution in [0.2, 0.25) is 0 Å². The van der Waals surface area contributed by atoms with Gasteiger partial charge < -0.3 is 29.0 Å². The number of urea groups is 1. The maximum absolute atomic E-state index is 12.6. The smallest absolute Gasteiger partial charge is 0.324 e. The van der Waals surface area contributed by atoms with Crippen LogP contribution in [0.3, 0.4) is 0 Å². The van der Waals surface area contributed by atoms with Crippen LogP contribution in [0.5, 0.6) is 23.1 Å². The molecule has 0 radical (unpaired) electrons. The standard InChI is InChI=1S/C30H38N6O7S/c1-30(2,3)26-18-27(35-43-26)34-29(37)33-20-7-5-8-21(15-20)42-28-22-16-25(24(40-4)17-23(22)31-19-32-28)41-12-6-9-36-10-13-44(38,39)14-11-36/h5,7-8,15-19,38-39H,6,9-14H2,1-4H3,(H2,33,34,35,37). The molecule has 13 nitrogen and oxygen atoms in total. The van der Waals surface area contributed by atoms with Gasteiger partial charge in [-0.3, -0.25) is 14.4 Å². The van der Waals surface area contributed by atoms with E-state index in [0.717, 1.165) is 13.0 Å². The van der Waals surface area contributed by atoms with E-state index >= 15 is 0 Å². The quantitative estimate of drug-likeness (QED) is 0.148. The summed E-state index contributed by atoms with van der Waals surface area (Å²) in [6.45, 7) is 8.55. The van der Waals surface area contributed by atoms with Gasteiger partial charge in [0.05, 0.1) is 36.1 Å². The van der Waals surface area contributed by atoms with E-state index in [9.17, 15) is 13.9 Å². The highest BCUT2D eigenvalue weighted by molar-refractivity contribution is 8.24. The number of anilines is 2. The molecule has 2 aromatic carbocycles. The predicted octanol–water partition coefficient (Wildman–Crippen LogP) is 6.20. The number of hydrogen-bond donors (Lipinski definition) is 4. The van der Waals surface area contributed by atoms with Crippen LogP contribution < -0.4 is 24.8 Å². The second-order valence-electron chi connectivity index (χ2n) is 11.5. The van der Waals surface area contributed by atoms with Crippen molar-refractivity contribution in [2.24, 2.45) is 0 Å². The molecule has 2 aromatic heterocycles. The molecule has 0 saturated carbocycles. The molecule has 0 unspecified atom stereocenters. The second kappa shape index (κ2) is 13.3. The number of benzene rings is 2. The summed E-state index contributed by atoms with van der Waals surface area (Å²) in [5, 5.41) is 9.99. The van der Waals surface area contributed by atoms with E-state index in [1.165, 1.54) is 6.33 Å². The molecule has 14 heteroatoms. The Hall–Kier alpha value is -4.11. The van der Waals surface area contributed by atoms with E-state index < -0.39 is 16.6 Å². The van der Waals surface area contributed by atoms with Crippen molar-refractivity contribution in [3.63, 3.8) is 0 Å². The molecule has 44 heavy (non-hydrogen) atoms. The molecule has 3 heterocycles. The summed E-state index contributed by atoms with van der Waals surface area (Å²) in [7, 11) is -0.840. The third kappa shape index (κ3) is 8.08. The molecule has 1 aliphatic heterocycles. The molecule has 4 N–H and O–H groups in total. The van der Waals surface area contributed by atoms with Gasteiger partial charge in [-0.2, -0.15) is 10.6 Å². The summed E-state index contributed by atoms with van der Waals surface area (Å²) in [4.78, 5) is 23.5. The maximum atomic E-state index is 12.6. The number of carbonyl (C=O) groups excluding carboxylic acids is 1. The SMILES string of the molecule is COc1cc2ncnc(Oc3cccc(NC(=O)Nc4cc(C(C)(C)C)on4)c3)c2cc1OCCCN1CCS(O)(O)CC1. The molecule has 1 aliphatic rings. The Morgan fingerprint density at radius 2 is 1.86 bits per heavy atom. The minimum Gasteiger partial charge on any atom is -0.493 e. The zero-order valence-electron chi connectivity index (χ0n) is 25.2. The number of fused-ring (bicyclic) bond motifs is 1. The summed E-state index contributed by atoms with van der Waals surface area (Å²) >= 11 is 0. The molecule has 0 atom stereocenters. The fourth-order valence-electron chi connectivity index (χ4n) is 4.57. The van der Waals surface area contributed by atoms with Crippen LogP contribution in [0.4, 0.5) is 16.3 Å². The highest BCUT2D eigenvalue weighted by atomic mass is 32.3. The Labute approximate surface area is 257 Å². The average molecular weight is 627 g/mol. The van der Waals surface area contributed by atoms with Crippen molar-refractivity contribution in [2.75, 3.05) is 55.5 Å². The lowest BCUT2D eigenvalue weighted by molar-refractivity contribution is 0.236. The van der Waals surface area contributed by atoms with Gasteiger partial charge in [0.25, 0.3) is 0 Å². The number of amides is 2. The normalized spacial score (nSPS) is 15.9. The van der Waals surface area contributed by atoms with Gasteiger partial charge in [-0.05, 0) is 24.6 Å². The van der Waals surface area contributed by atoms with Crippen LogP contribution in [-0.4, -0.2) is 80.0 Å². The zero-order valence-corrected chi connectivity index (χ0v) is 26.0. The van der Waals surface area contributed by atoms with Crippen molar-refractivity contribution >= 4 is 39.0 Å². The Balaban J connectivity index is 1.23. The lowest BCUT2D eigenvalue weighted by atomic mass is 9.93. The first-order valence-corrected chi connectivity index (χ1v) is 16.1. The summed E-state index contributed by atoms with van der Waals surface area (Å²) in [5.74, 6) is 3.64. The molecule has 0 bridgehead atoms. The first kappa shape index (κ1) is 31.3. The van der Waals surface area contributed by atoms with Crippen molar-refractivity contribution in [1.29, 1.82) is 0 Å². The molecule has 0 aliphatic carbocycles. The van der Waals surface area contributed by atoms with E-state index in [2.05, 4.69) is 30.7 Å². The van der Waals surface area contributed by atoms with Crippen molar-refractivity contribution in [3.8, 4) is 23.1 Å². The van der Waals surface area contributed by atoms with Crippen molar-refractivity contribution in [2.45, 2.75) is 32.6 Å². The van der Waals surface area contributed by atoms with Gasteiger partial charge in [0.15, 0.2) is 17.3 Å². The van der Waals surface area contributed by atoms with Crippen LogP contribution in [-0.2, 0) is 5.41 Å². The van der Waals surface area contributed by atoms with E-state index in [4.69, 9.17) is 18.7 Å². The van der Waals surface area contributed by atoms with Gasteiger partial charge in [0.2, 0.25) is 5.88 Å². The Morgan fingerprint density at radius 3 is 2.59 bits per heavy atom. The van der Waals surface area contributed by atoms with Gasteiger partial charge in [-0.25, -0.2) is 14.8 Å². The molecule has 4 aromatic rings. The van der Waals surface area contributed by atoms with E-state index in [0.29, 0.717) is 82.5 Å². The third-order valence-electron chi connectivity index (χ3n) is 7.03. The third-order valence-corrected chi connectivity index (χ3v) is 8.70. The van der Waals surface area contributed by atoms with Gasteiger partial charge in [-0.1, -0.05) is 32.0 Å². The number of hydrogen-bond acceptors (Lipinski definition) is 11. The highest BCUT2D eigenvalue weighted by Crippen LogP contribution is 2.40. The van der Waals surface area contributed by atoms with Crippen LogP contribution in [0.15, 0.2) is 53.3 Å². The maximum Gasteiger partial charge on any atom is 0.324 e. The lowest BCUT2D eigenvalue weighted by Crippen LogP contribution is -2.39. The topological polar surface area (TPSA) is 164 Å². The molecular formula is C30H38N6O7S. The van der Waals surface area contributed by atoms with Crippen molar-refractivity contribution in [3.05, 3.63) is 54.6 Å².